The van der Waals surface area contributed by atoms with E-state index in [1.807, 2.05) is 24.3 Å². The van der Waals surface area contributed by atoms with Crippen LogP contribution in [0.25, 0.3) is 0 Å². The molecule has 1 aromatic rings. The van der Waals surface area contributed by atoms with E-state index in [1.165, 1.54) is 44.1 Å². The van der Waals surface area contributed by atoms with E-state index < -0.39 is 9.84 Å². The number of benzene rings is 1. The molecule has 1 fully saturated rings. The number of sulfone groups is 1. The Morgan fingerprint density at radius 3 is 2.38 bits per heavy atom. The van der Waals surface area contributed by atoms with Gasteiger partial charge >= 0.3 is 0 Å². The van der Waals surface area contributed by atoms with Gasteiger partial charge in [-0.25, -0.2) is 8.42 Å². The van der Waals surface area contributed by atoms with Crippen molar-refractivity contribution in [3.8, 4) is 0 Å². The molecule has 0 aromatic heterocycles. The van der Waals surface area contributed by atoms with Crippen molar-refractivity contribution in [2.45, 2.75) is 64.3 Å². The fourth-order valence-electron chi connectivity index (χ4n) is 3.11. The van der Waals surface area contributed by atoms with Crippen LogP contribution in [0, 0.1) is 0 Å². The molecule has 24 heavy (non-hydrogen) atoms. The Balaban J connectivity index is 1.74. The summed E-state index contributed by atoms with van der Waals surface area (Å²) in [7, 11) is -2.96. The van der Waals surface area contributed by atoms with Gasteiger partial charge < -0.3 is 5.32 Å². The van der Waals surface area contributed by atoms with Crippen molar-refractivity contribution in [2.75, 3.05) is 11.5 Å². The highest BCUT2D eigenvalue weighted by Crippen LogP contribution is 2.14. The molecular weight excluding hydrogens is 322 g/mol. The Labute approximate surface area is 146 Å². The second-order valence-electron chi connectivity index (χ2n) is 6.79. The highest BCUT2D eigenvalue weighted by Gasteiger charge is 2.29. The molecule has 1 aliphatic heterocycles. The Morgan fingerprint density at radius 2 is 1.75 bits per heavy atom. The van der Waals surface area contributed by atoms with E-state index in [0.29, 0.717) is 12.0 Å². The third-order valence-electron chi connectivity index (χ3n) is 4.60. The van der Waals surface area contributed by atoms with Gasteiger partial charge in [0.15, 0.2) is 9.84 Å². The van der Waals surface area contributed by atoms with Gasteiger partial charge in [0.1, 0.15) is 0 Å². The minimum atomic E-state index is -2.96. The molecule has 0 radical (unpaired) electrons. The van der Waals surface area contributed by atoms with Gasteiger partial charge in [-0.3, -0.25) is 4.79 Å². The van der Waals surface area contributed by atoms with E-state index in [2.05, 4.69) is 12.2 Å². The van der Waals surface area contributed by atoms with Crippen molar-refractivity contribution >= 4 is 15.7 Å². The summed E-state index contributed by atoms with van der Waals surface area (Å²) in [6, 6.07) is 7.44. The van der Waals surface area contributed by atoms with Crippen molar-refractivity contribution in [2.24, 2.45) is 0 Å². The summed E-state index contributed by atoms with van der Waals surface area (Å²) in [5.74, 6) is 0.0625. The maximum absolute atomic E-state index is 12.2. The zero-order chi connectivity index (χ0) is 17.4. The van der Waals surface area contributed by atoms with Crippen molar-refractivity contribution in [1.82, 2.24) is 5.32 Å². The van der Waals surface area contributed by atoms with Crippen LogP contribution < -0.4 is 5.32 Å². The van der Waals surface area contributed by atoms with Crippen LogP contribution in [0.15, 0.2) is 24.3 Å². The molecule has 1 unspecified atom stereocenters. The van der Waals surface area contributed by atoms with Crippen LogP contribution in [0.2, 0.25) is 0 Å². The standard InChI is InChI=1S/C19H29NO3S/c1-2-3-4-5-6-7-8-16-9-11-17(12-10-16)19(21)20-18-13-14-24(22,23)15-18/h9-12,18H,2-8,13-15H2,1H3,(H,20,21). The number of nitrogens with one attached hydrogen (secondary N) is 1. The van der Waals surface area contributed by atoms with E-state index in [0.717, 1.165) is 6.42 Å². The summed E-state index contributed by atoms with van der Waals surface area (Å²) in [5.41, 5.74) is 1.86. The first-order valence-corrected chi connectivity index (χ1v) is 10.9. The zero-order valence-electron chi connectivity index (χ0n) is 14.6. The Bertz CT molecular complexity index is 623. The van der Waals surface area contributed by atoms with Crippen LogP contribution in [-0.2, 0) is 16.3 Å². The third-order valence-corrected chi connectivity index (χ3v) is 6.37. The molecule has 1 N–H and O–H groups in total. The van der Waals surface area contributed by atoms with Gasteiger partial charge in [0, 0.05) is 11.6 Å². The first kappa shape index (κ1) is 19.0. The van der Waals surface area contributed by atoms with Gasteiger partial charge in [-0.1, -0.05) is 51.2 Å². The molecule has 0 aliphatic carbocycles. The molecule has 1 amide bonds. The van der Waals surface area contributed by atoms with Crippen molar-refractivity contribution in [3.63, 3.8) is 0 Å². The highest BCUT2D eigenvalue weighted by atomic mass is 32.2. The van der Waals surface area contributed by atoms with Gasteiger partial charge in [0.05, 0.1) is 11.5 Å². The SMILES string of the molecule is CCCCCCCCc1ccc(C(=O)NC2CCS(=O)(=O)C2)cc1. The summed E-state index contributed by atoms with van der Waals surface area (Å²) in [6.07, 6.45) is 9.25. The summed E-state index contributed by atoms with van der Waals surface area (Å²) in [4.78, 5) is 12.2. The molecule has 1 aliphatic rings. The molecule has 1 atom stereocenters. The van der Waals surface area contributed by atoms with Crippen molar-refractivity contribution in [1.29, 1.82) is 0 Å². The molecule has 0 spiro atoms. The van der Waals surface area contributed by atoms with E-state index in [9.17, 15) is 13.2 Å². The Morgan fingerprint density at radius 1 is 1.08 bits per heavy atom. The molecule has 1 heterocycles. The monoisotopic (exact) mass is 351 g/mol. The molecular formula is C19H29NO3S. The average Bonchev–Trinajstić information content (AvgIpc) is 2.90. The first-order chi connectivity index (χ1) is 11.5. The molecule has 5 heteroatoms. The third kappa shape index (κ3) is 6.27. The normalized spacial score (nSPS) is 19.3. The summed E-state index contributed by atoms with van der Waals surface area (Å²) < 4.78 is 22.9. The van der Waals surface area contributed by atoms with Gasteiger partial charge in [-0.15, -0.1) is 0 Å². The number of rotatable bonds is 9. The van der Waals surface area contributed by atoms with Crippen molar-refractivity contribution in [3.05, 3.63) is 35.4 Å². The maximum atomic E-state index is 12.2. The summed E-state index contributed by atoms with van der Waals surface area (Å²) in [5, 5.41) is 2.82. The molecule has 0 saturated carbocycles. The molecule has 4 nitrogen and oxygen atoms in total. The van der Waals surface area contributed by atoms with E-state index in [1.54, 1.807) is 0 Å². The number of carbonyl (C=O) groups excluding carboxylic acids is 1. The molecule has 0 bridgehead atoms. The fourth-order valence-corrected chi connectivity index (χ4v) is 4.78. The predicted molar refractivity (Wildman–Crippen MR) is 98.0 cm³/mol. The summed E-state index contributed by atoms with van der Waals surface area (Å²) in [6.45, 7) is 2.23. The second-order valence-corrected chi connectivity index (χ2v) is 9.02. The number of amides is 1. The van der Waals surface area contributed by atoms with Gasteiger partial charge in [0.2, 0.25) is 0 Å². The van der Waals surface area contributed by atoms with Gasteiger partial charge in [-0.05, 0) is 37.0 Å². The number of unbranched alkanes of at least 4 members (excludes halogenated alkanes) is 5. The summed E-state index contributed by atoms with van der Waals surface area (Å²) >= 11 is 0. The van der Waals surface area contributed by atoms with Gasteiger partial charge in [0.25, 0.3) is 5.91 Å². The zero-order valence-corrected chi connectivity index (χ0v) is 15.4. The minimum absolute atomic E-state index is 0.0643. The first-order valence-electron chi connectivity index (χ1n) is 9.10. The molecule has 134 valence electrons. The van der Waals surface area contributed by atoms with Crippen LogP contribution in [0.1, 0.15) is 67.8 Å². The van der Waals surface area contributed by atoms with E-state index >= 15 is 0 Å². The van der Waals surface area contributed by atoms with Crippen LogP contribution in [0.5, 0.6) is 0 Å². The highest BCUT2D eigenvalue weighted by molar-refractivity contribution is 7.91. The number of carbonyl (C=O) groups is 1. The largest absolute Gasteiger partial charge is 0.348 e. The average molecular weight is 352 g/mol. The molecule has 2 rings (SSSR count). The topological polar surface area (TPSA) is 63.2 Å². The lowest BCUT2D eigenvalue weighted by atomic mass is 10.0. The lowest BCUT2D eigenvalue weighted by molar-refractivity contribution is 0.0941. The second kappa shape index (κ2) is 9.21. The van der Waals surface area contributed by atoms with E-state index in [4.69, 9.17) is 0 Å². The predicted octanol–water partition coefficient (Wildman–Crippen LogP) is 3.51. The minimum Gasteiger partial charge on any atom is -0.348 e. The lowest BCUT2D eigenvalue weighted by Crippen LogP contribution is -2.35. The molecule has 1 aromatic carbocycles. The quantitative estimate of drug-likeness (QED) is 0.693. The molecule has 1 saturated heterocycles. The number of hydrogen-bond donors (Lipinski definition) is 1. The lowest BCUT2D eigenvalue weighted by Gasteiger charge is -2.11. The Hall–Kier alpha value is -1.36. The van der Waals surface area contributed by atoms with Crippen LogP contribution in [-0.4, -0.2) is 31.9 Å². The smallest absolute Gasteiger partial charge is 0.251 e. The van der Waals surface area contributed by atoms with E-state index in [-0.39, 0.29) is 23.5 Å². The van der Waals surface area contributed by atoms with Crippen molar-refractivity contribution < 1.29 is 13.2 Å². The Kier molecular flexibility index (Phi) is 7.28. The maximum Gasteiger partial charge on any atom is 0.251 e. The van der Waals surface area contributed by atoms with Crippen LogP contribution >= 0.6 is 0 Å². The van der Waals surface area contributed by atoms with Crippen LogP contribution in [0.4, 0.5) is 0 Å². The van der Waals surface area contributed by atoms with Crippen LogP contribution in [0.3, 0.4) is 0 Å². The number of aryl methyl sites for hydroxylation is 1. The van der Waals surface area contributed by atoms with Gasteiger partial charge in [-0.2, -0.15) is 0 Å². The fraction of sp³-hybridized carbons (Fsp3) is 0.632. The number of hydrogen-bond acceptors (Lipinski definition) is 3.